The van der Waals surface area contributed by atoms with Crippen molar-refractivity contribution in [2.45, 2.75) is 6.92 Å². The molecule has 1 saturated heterocycles. The Morgan fingerprint density at radius 2 is 1.83 bits per heavy atom. The second kappa shape index (κ2) is 6.91. The number of anilines is 1. The van der Waals surface area contributed by atoms with Crippen molar-refractivity contribution in [2.75, 3.05) is 31.1 Å². The Hall–Kier alpha value is -1.92. The Morgan fingerprint density at radius 3 is 2.38 bits per heavy atom. The van der Waals surface area contributed by atoms with Gasteiger partial charge < -0.3 is 9.80 Å². The van der Waals surface area contributed by atoms with E-state index in [1.54, 1.807) is 29.2 Å². The summed E-state index contributed by atoms with van der Waals surface area (Å²) in [5.41, 5.74) is 0.825. The summed E-state index contributed by atoms with van der Waals surface area (Å²) >= 11 is 7.13. The first-order valence-corrected chi connectivity index (χ1v) is 8.75. The number of thiophene rings is 1. The van der Waals surface area contributed by atoms with Crippen molar-refractivity contribution in [3.8, 4) is 0 Å². The van der Waals surface area contributed by atoms with E-state index in [1.165, 1.54) is 24.3 Å². The van der Waals surface area contributed by atoms with Gasteiger partial charge in [-0.1, -0.05) is 11.6 Å². The molecule has 0 atom stereocenters. The highest BCUT2D eigenvalue weighted by atomic mass is 35.5. The fraction of sp³-hybridized carbons (Fsp3) is 0.294. The number of carbonyl (C=O) groups excluding carboxylic acids is 2. The number of amides is 1. The molecule has 1 fully saturated rings. The highest BCUT2D eigenvalue weighted by molar-refractivity contribution is 7.17. The predicted molar refractivity (Wildman–Crippen MR) is 93.9 cm³/mol. The van der Waals surface area contributed by atoms with Gasteiger partial charge in [-0.3, -0.25) is 9.59 Å². The summed E-state index contributed by atoms with van der Waals surface area (Å²) < 4.78 is 14.8. The van der Waals surface area contributed by atoms with E-state index in [4.69, 9.17) is 11.6 Å². The van der Waals surface area contributed by atoms with E-state index < -0.39 is 5.82 Å². The third kappa shape index (κ3) is 3.44. The van der Waals surface area contributed by atoms with E-state index >= 15 is 0 Å². The molecule has 4 nitrogen and oxygen atoms in total. The van der Waals surface area contributed by atoms with Crippen molar-refractivity contribution in [1.82, 2.24) is 4.90 Å². The number of rotatable bonds is 3. The summed E-state index contributed by atoms with van der Waals surface area (Å²) in [5.74, 6) is -0.614. The molecule has 2 aromatic rings. The number of hydrogen-bond acceptors (Lipinski definition) is 4. The Balaban J connectivity index is 1.67. The number of ketones is 1. The van der Waals surface area contributed by atoms with Crippen LogP contribution < -0.4 is 4.90 Å². The lowest BCUT2D eigenvalue weighted by molar-refractivity contribution is 0.0751. The fourth-order valence-corrected chi connectivity index (χ4v) is 3.73. The smallest absolute Gasteiger partial charge is 0.264 e. The third-order valence-electron chi connectivity index (χ3n) is 4.05. The van der Waals surface area contributed by atoms with Gasteiger partial charge in [0.05, 0.1) is 14.9 Å². The standard InChI is InChI=1S/C17H16ClFN2O2S/c1-11(22)12-2-3-14(13(19)10-12)20-6-8-21(9-7-20)17(23)15-4-5-16(18)24-15/h2-5,10H,6-9H2,1H3. The lowest BCUT2D eigenvalue weighted by atomic mass is 10.1. The molecule has 3 rings (SSSR count). The van der Waals surface area contributed by atoms with Crippen molar-refractivity contribution < 1.29 is 14.0 Å². The predicted octanol–water partition coefficient (Wildman–Crippen LogP) is 3.71. The van der Waals surface area contributed by atoms with Gasteiger partial charge >= 0.3 is 0 Å². The van der Waals surface area contributed by atoms with Crippen molar-refractivity contribution in [3.05, 3.63) is 50.9 Å². The van der Waals surface area contributed by atoms with Gasteiger partial charge in [0.2, 0.25) is 0 Å². The molecule has 1 amide bonds. The minimum atomic E-state index is -0.410. The summed E-state index contributed by atoms with van der Waals surface area (Å²) in [5, 5.41) is 0. The highest BCUT2D eigenvalue weighted by Crippen LogP contribution is 2.25. The van der Waals surface area contributed by atoms with Crippen LogP contribution in [0.3, 0.4) is 0 Å². The molecule has 126 valence electrons. The zero-order valence-corrected chi connectivity index (χ0v) is 14.7. The van der Waals surface area contributed by atoms with Crippen molar-refractivity contribution in [3.63, 3.8) is 0 Å². The molecular formula is C17H16ClFN2O2S. The van der Waals surface area contributed by atoms with E-state index in [9.17, 15) is 14.0 Å². The highest BCUT2D eigenvalue weighted by Gasteiger charge is 2.24. The molecule has 1 aliphatic heterocycles. The van der Waals surface area contributed by atoms with Gasteiger partial charge in [0.25, 0.3) is 5.91 Å². The largest absolute Gasteiger partial charge is 0.366 e. The van der Waals surface area contributed by atoms with Crippen LogP contribution in [0.5, 0.6) is 0 Å². The molecule has 24 heavy (non-hydrogen) atoms. The average molecular weight is 367 g/mol. The van der Waals surface area contributed by atoms with Gasteiger partial charge in [0.15, 0.2) is 5.78 Å². The van der Waals surface area contributed by atoms with Crippen LogP contribution in [0.4, 0.5) is 10.1 Å². The first kappa shape index (κ1) is 16.9. The molecule has 1 aromatic heterocycles. The number of hydrogen-bond donors (Lipinski definition) is 0. The molecule has 7 heteroatoms. The maximum Gasteiger partial charge on any atom is 0.264 e. The number of carbonyl (C=O) groups is 2. The molecule has 0 unspecified atom stereocenters. The SMILES string of the molecule is CC(=O)c1ccc(N2CCN(C(=O)c3ccc(Cl)s3)CC2)c(F)c1. The number of benzene rings is 1. The van der Waals surface area contributed by atoms with Crippen LogP contribution in [0.15, 0.2) is 30.3 Å². The fourth-order valence-electron chi connectivity index (χ4n) is 2.72. The monoisotopic (exact) mass is 366 g/mol. The lowest BCUT2D eigenvalue weighted by Gasteiger charge is -2.36. The molecular weight excluding hydrogens is 351 g/mol. The molecule has 0 radical (unpaired) electrons. The van der Waals surface area contributed by atoms with Crippen LogP contribution in [0.2, 0.25) is 4.34 Å². The maximum atomic E-state index is 14.2. The second-order valence-electron chi connectivity index (χ2n) is 5.61. The van der Waals surface area contributed by atoms with Crippen LogP contribution in [-0.2, 0) is 0 Å². The van der Waals surface area contributed by atoms with Crippen LogP contribution in [0.25, 0.3) is 0 Å². The number of piperazine rings is 1. The summed E-state index contributed by atoms with van der Waals surface area (Å²) in [6.07, 6.45) is 0. The molecule has 0 spiro atoms. The minimum absolute atomic E-state index is 0.0426. The Morgan fingerprint density at radius 1 is 1.12 bits per heavy atom. The summed E-state index contributed by atoms with van der Waals surface area (Å²) in [6.45, 7) is 3.53. The molecule has 0 bridgehead atoms. The van der Waals surface area contributed by atoms with E-state index in [2.05, 4.69) is 0 Å². The Bertz CT molecular complexity index is 785. The van der Waals surface area contributed by atoms with E-state index in [1.807, 2.05) is 4.90 Å². The molecule has 1 aliphatic rings. The Labute approximate surface area is 148 Å². The van der Waals surface area contributed by atoms with E-state index in [0.717, 1.165) is 0 Å². The third-order valence-corrected chi connectivity index (χ3v) is 5.26. The summed E-state index contributed by atoms with van der Waals surface area (Å²) in [4.78, 5) is 28.0. The number of nitrogens with zero attached hydrogens (tertiary/aromatic N) is 2. The quantitative estimate of drug-likeness (QED) is 0.777. The summed E-state index contributed by atoms with van der Waals surface area (Å²) in [7, 11) is 0. The lowest BCUT2D eigenvalue weighted by Crippen LogP contribution is -2.48. The van der Waals surface area contributed by atoms with Crippen LogP contribution in [0.1, 0.15) is 27.0 Å². The Kier molecular flexibility index (Phi) is 4.87. The van der Waals surface area contributed by atoms with Crippen LogP contribution in [0, 0.1) is 5.82 Å². The maximum absolute atomic E-state index is 14.2. The van der Waals surface area contributed by atoms with E-state index in [-0.39, 0.29) is 11.7 Å². The summed E-state index contributed by atoms with van der Waals surface area (Å²) in [6, 6.07) is 7.96. The molecule has 0 aliphatic carbocycles. The molecule has 2 heterocycles. The van der Waals surface area contributed by atoms with Gasteiger partial charge in [-0.2, -0.15) is 0 Å². The van der Waals surface area contributed by atoms with Gasteiger partial charge in [-0.25, -0.2) is 4.39 Å². The first-order chi connectivity index (χ1) is 11.5. The zero-order valence-electron chi connectivity index (χ0n) is 13.1. The van der Waals surface area contributed by atoms with Crippen molar-refractivity contribution >= 4 is 40.3 Å². The average Bonchev–Trinajstić information content (AvgIpc) is 3.00. The van der Waals surface area contributed by atoms with Gasteiger partial charge in [0, 0.05) is 31.7 Å². The van der Waals surface area contributed by atoms with E-state index in [0.29, 0.717) is 46.6 Å². The van der Waals surface area contributed by atoms with Gasteiger partial charge in [0.1, 0.15) is 5.82 Å². The van der Waals surface area contributed by atoms with Crippen molar-refractivity contribution in [1.29, 1.82) is 0 Å². The molecule has 0 saturated carbocycles. The van der Waals surface area contributed by atoms with Crippen LogP contribution in [-0.4, -0.2) is 42.8 Å². The van der Waals surface area contributed by atoms with Gasteiger partial charge in [-0.05, 0) is 37.3 Å². The number of Topliss-reactive ketones (excluding diaryl/α,β-unsaturated/α-hetero) is 1. The van der Waals surface area contributed by atoms with Gasteiger partial charge in [-0.15, -0.1) is 11.3 Å². The topological polar surface area (TPSA) is 40.6 Å². The first-order valence-electron chi connectivity index (χ1n) is 7.56. The zero-order chi connectivity index (χ0) is 17.3. The second-order valence-corrected chi connectivity index (χ2v) is 7.32. The normalized spacial score (nSPS) is 14.8. The molecule has 0 N–H and O–H groups in total. The number of halogens is 2. The van der Waals surface area contributed by atoms with Crippen LogP contribution >= 0.6 is 22.9 Å². The van der Waals surface area contributed by atoms with Crippen molar-refractivity contribution in [2.24, 2.45) is 0 Å². The molecule has 1 aromatic carbocycles. The minimum Gasteiger partial charge on any atom is -0.366 e.